The zero-order chi connectivity index (χ0) is 15.4. The molecule has 2 aromatic rings. The molecule has 0 radical (unpaired) electrons. The van der Waals surface area contributed by atoms with E-state index in [1.165, 1.54) is 23.1 Å². The van der Waals surface area contributed by atoms with Gasteiger partial charge in [-0.15, -0.1) is 10.2 Å². The van der Waals surface area contributed by atoms with Crippen molar-refractivity contribution < 1.29 is 4.79 Å². The SMILES string of the molecule is Cc1cc(C)c(C#N)c(SCC(=O)Nc2nnc(C)s2)n1. The summed E-state index contributed by atoms with van der Waals surface area (Å²) in [6.45, 7) is 5.55. The number of hydrogen-bond donors (Lipinski definition) is 1. The number of carbonyl (C=O) groups is 1. The van der Waals surface area contributed by atoms with Gasteiger partial charge in [0.05, 0.1) is 11.3 Å². The number of pyridine rings is 1. The molecule has 6 nitrogen and oxygen atoms in total. The Bertz CT molecular complexity index is 720. The number of rotatable bonds is 4. The lowest BCUT2D eigenvalue weighted by Crippen LogP contribution is -2.14. The molecule has 0 aromatic carbocycles. The van der Waals surface area contributed by atoms with Gasteiger partial charge in [-0.25, -0.2) is 4.98 Å². The van der Waals surface area contributed by atoms with E-state index in [0.717, 1.165) is 16.3 Å². The van der Waals surface area contributed by atoms with Gasteiger partial charge in [0.1, 0.15) is 16.1 Å². The molecule has 21 heavy (non-hydrogen) atoms. The molecule has 0 aliphatic carbocycles. The Morgan fingerprint density at radius 3 is 2.81 bits per heavy atom. The lowest BCUT2D eigenvalue weighted by atomic mass is 10.1. The number of anilines is 1. The Labute approximate surface area is 130 Å². The van der Waals surface area contributed by atoms with Crippen molar-refractivity contribution in [1.82, 2.24) is 15.2 Å². The lowest BCUT2D eigenvalue weighted by molar-refractivity contribution is -0.113. The second-order valence-corrected chi connectivity index (χ2v) is 6.48. The number of hydrogen-bond acceptors (Lipinski definition) is 7. The van der Waals surface area contributed by atoms with E-state index >= 15 is 0 Å². The van der Waals surface area contributed by atoms with Gasteiger partial charge >= 0.3 is 0 Å². The molecule has 0 saturated carbocycles. The highest BCUT2D eigenvalue weighted by molar-refractivity contribution is 8.00. The Balaban J connectivity index is 2.03. The summed E-state index contributed by atoms with van der Waals surface area (Å²) in [4.78, 5) is 16.2. The topological polar surface area (TPSA) is 91.6 Å². The minimum Gasteiger partial charge on any atom is -0.300 e. The third-order valence-corrected chi connectivity index (χ3v) is 4.27. The second kappa shape index (κ2) is 6.65. The Morgan fingerprint density at radius 1 is 1.43 bits per heavy atom. The summed E-state index contributed by atoms with van der Waals surface area (Å²) >= 11 is 2.56. The average molecular weight is 319 g/mol. The Kier molecular flexibility index (Phi) is 4.88. The van der Waals surface area contributed by atoms with Crippen molar-refractivity contribution in [2.24, 2.45) is 0 Å². The number of aryl methyl sites for hydroxylation is 3. The summed E-state index contributed by atoms with van der Waals surface area (Å²) in [6, 6.07) is 3.99. The van der Waals surface area contributed by atoms with Gasteiger partial charge in [-0.05, 0) is 32.4 Å². The maximum Gasteiger partial charge on any atom is 0.236 e. The molecule has 0 aliphatic heterocycles. The van der Waals surface area contributed by atoms with Crippen molar-refractivity contribution in [3.05, 3.63) is 27.9 Å². The molecule has 0 unspecified atom stereocenters. The van der Waals surface area contributed by atoms with E-state index in [2.05, 4.69) is 26.6 Å². The summed E-state index contributed by atoms with van der Waals surface area (Å²) in [5, 5.41) is 21.4. The summed E-state index contributed by atoms with van der Waals surface area (Å²) in [6.07, 6.45) is 0. The molecular formula is C13H13N5OS2. The van der Waals surface area contributed by atoms with E-state index in [1.807, 2.05) is 26.8 Å². The van der Waals surface area contributed by atoms with Crippen molar-refractivity contribution in [3.8, 4) is 6.07 Å². The summed E-state index contributed by atoms with van der Waals surface area (Å²) in [5.74, 6) is -0.0237. The first-order valence-corrected chi connectivity index (χ1v) is 7.91. The molecule has 1 amide bonds. The van der Waals surface area contributed by atoms with Crippen LogP contribution in [0.25, 0.3) is 0 Å². The van der Waals surface area contributed by atoms with Crippen LogP contribution >= 0.6 is 23.1 Å². The van der Waals surface area contributed by atoms with Crippen LogP contribution in [0.2, 0.25) is 0 Å². The van der Waals surface area contributed by atoms with E-state index in [1.54, 1.807) is 0 Å². The number of amides is 1. The predicted octanol–water partition coefficient (Wildman–Crippen LogP) is 2.46. The molecule has 0 spiro atoms. The number of nitrogens with zero attached hydrogens (tertiary/aromatic N) is 4. The molecule has 2 rings (SSSR count). The van der Waals surface area contributed by atoms with Crippen LogP contribution in [0.3, 0.4) is 0 Å². The molecule has 0 saturated heterocycles. The highest BCUT2D eigenvalue weighted by atomic mass is 32.2. The highest BCUT2D eigenvalue weighted by Gasteiger charge is 2.12. The number of nitriles is 1. The number of thioether (sulfide) groups is 1. The fourth-order valence-electron chi connectivity index (χ4n) is 1.68. The Hall–Kier alpha value is -1.98. The fourth-order valence-corrected chi connectivity index (χ4v) is 3.19. The molecule has 8 heteroatoms. The summed E-state index contributed by atoms with van der Waals surface area (Å²) < 4.78 is 0. The smallest absolute Gasteiger partial charge is 0.236 e. The van der Waals surface area contributed by atoms with Crippen LogP contribution in [0.15, 0.2) is 11.1 Å². The van der Waals surface area contributed by atoms with Crippen LogP contribution < -0.4 is 5.32 Å². The van der Waals surface area contributed by atoms with Gasteiger partial charge in [-0.1, -0.05) is 23.1 Å². The Morgan fingerprint density at radius 2 is 2.19 bits per heavy atom. The normalized spacial score (nSPS) is 10.2. The third kappa shape index (κ3) is 4.00. The summed E-state index contributed by atoms with van der Waals surface area (Å²) in [7, 11) is 0. The van der Waals surface area contributed by atoms with Crippen LogP contribution in [0.4, 0.5) is 5.13 Å². The zero-order valence-corrected chi connectivity index (χ0v) is 13.4. The number of carbonyl (C=O) groups excluding carboxylic acids is 1. The number of nitrogens with one attached hydrogen (secondary N) is 1. The number of aromatic nitrogens is 3. The molecule has 108 valence electrons. The maximum absolute atomic E-state index is 11.9. The minimum atomic E-state index is -0.194. The van der Waals surface area contributed by atoms with E-state index < -0.39 is 0 Å². The van der Waals surface area contributed by atoms with E-state index in [9.17, 15) is 10.1 Å². The molecule has 2 aromatic heterocycles. The lowest BCUT2D eigenvalue weighted by Gasteiger charge is -2.06. The monoisotopic (exact) mass is 319 g/mol. The fraction of sp³-hybridized carbons (Fsp3) is 0.308. The van der Waals surface area contributed by atoms with Crippen molar-refractivity contribution in [2.45, 2.75) is 25.8 Å². The molecule has 0 fully saturated rings. The second-order valence-electron chi connectivity index (χ2n) is 4.34. The highest BCUT2D eigenvalue weighted by Crippen LogP contribution is 2.24. The third-order valence-electron chi connectivity index (χ3n) is 2.54. The zero-order valence-electron chi connectivity index (χ0n) is 11.8. The molecule has 0 bridgehead atoms. The van der Waals surface area contributed by atoms with Gasteiger partial charge in [-0.3, -0.25) is 10.1 Å². The van der Waals surface area contributed by atoms with E-state index in [0.29, 0.717) is 15.7 Å². The van der Waals surface area contributed by atoms with Gasteiger partial charge < -0.3 is 0 Å². The molecule has 0 atom stereocenters. The van der Waals surface area contributed by atoms with Crippen LogP contribution in [0.5, 0.6) is 0 Å². The standard InChI is InChI=1S/C13H13N5OS2/c1-7-4-8(2)15-12(10(7)5-14)20-6-11(19)16-13-18-17-9(3)21-13/h4H,6H2,1-3H3,(H,16,18,19). The van der Waals surface area contributed by atoms with Crippen molar-refractivity contribution in [3.63, 3.8) is 0 Å². The largest absolute Gasteiger partial charge is 0.300 e. The average Bonchev–Trinajstić information content (AvgIpc) is 2.81. The first kappa shape index (κ1) is 15.4. The molecule has 1 N–H and O–H groups in total. The maximum atomic E-state index is 11.9. The van der Waals surface area contributed by atoms with E-state index in [-0.39, 0.29) is 11.7 Å². The van der Waals surface area contributed by atoms with Crippen molar-refractivity contribution in [1.29, 1.82) is 5.26 Å². The first-order chi connectivity index (χ1) is 9.99. The van der Waals surface area contributed by atoms with Crippen LogP contribution in [0.1, 0.15) is 21.8 Å². The van der Waals surface area contributed by atoms with Crippen LogP contribution in [0, 0.1) is 32.1 Å². The van der Waals surface area contributed by atoms with Gasteiger partial charge in [0.25, 0.3) is 0 Å². The molecular weight excluding hydrogens is 306 g/mol. The minimum absolute atomic E-state index is 0.170. The van der Waals surface area contributed by atoms with Gasteiger partial charge in [0.2, 0.25) is 11.0 Å². The van der Waals surface area contributed by atoms with Gasteiger partial charge in [-0.2, -0.15) is 5.26 Å². The first-order valence-electron chi connectivity index (χ1n) is 6.10. The van der Waals surface area contributed by atoms with Gasteiger partial charge in [0, 0.05) is 5.69 Å². The van der Waals surface area contributed by atoms with Crippen molar-refractivity contribution in [2.75, 3.05) is 11.1 Å². The quantitative estimate of drug-likeness (QED) is 0.870. The molecule has 2 heterocycles. The van der Waals surface area contributed by atoms with Crippen LogP contribution in [-0.4, -0.2) is 26.8 Å². The van der Waals surface area contributed by atoms with Gasteiger partial charge in [0.15, 0.2) is 0 Å². The van der Waals surface area contributed by atoms with E-state index in [4.69, 9.17) is 0 Å². The summed E-state index contributed by atoms with van der Waals surface area (Å²) in [5.41, 5.74) is 2.21. The van der Waals surface area contributed by atoms with Crippen molar-refractivity contribution >= 4 is 34.1 Å². The predicted molar refractivity (Wildman–Crippen MR) is 82.4 cm³/mol. The van der Waals surface area contributed by atoms with Crippen LogP contribution in [-0.2, 0) is 4.79 Å². The molecule has 0 aliphatic rings.